The SMILES string of the molecule is O=[N+]([O-])c1cc(S(=O)c2ccc(F)cc2)ccc1Cl. The summed E-state index contributed by atoms with van der Waals surface area (Å²) >= 11 is 5.67. The zero-order valence-corrected chi connectivity index (χ0v) is 11.0. The lowest BCUT2D eigenvalue weighted by molar-refractivity contribution is -0.384. The van der Waals surface area contributed by atoms with Gasteiger partial charge < -0.3 is 0 Å². The van der Waals surface area contributed by atoms with Crippen LogP contribution in [-0.4, -0.2) is 9.13 Å². The second-order valence-electron chi connectivity index (χ2n) is 3.59. The highest BCUT2D eigenvalue weighted by Crippen LogP contribution is 2.28. The number of nitrogens with zero attached hydrogens (tertiary/aromatic N) is 1. The van der Waals surface area contributed by atoms with Crippen LogP contribution in [0.15, 0.2) is 52.3 Å². The third kappa shape index (κ3) is 2.97. The van der Waals surface area contributed by atoms with Gasteiger partial charge in [0.1, 0.15) is 10.8 Å². The van der Waals surface area contributed by atoms with Gasteiger partial charge in [-0.15, -0.1) is 0 Å². The fourth-order valence-corrected chi connectivity index (χ4v) is 2.69. The first kappa shape index (κ1) is 13.6. The van der Waals surface area contributed by atoms with E-state index in [0.29, 0.717) is 4.90 Å². The van der Waals surface area contributed by atoms with Gasteiger partial charge in [-0.25, -0.2) is 8.60 Å². The molecule has 0 aliphatic heterocycles. The van der Waals surface area contributed by atoms with Crippen molar-refractivity contribution in [2.45, 2.75) is 9.79 Å². The minimum atomic E-state index is -1.62. The molecular weight excluding hydrogens is 293 g/mol. The largest absolute Gasteiger partial charge is 0.289 e. The molecule has 2 aromatic carbocycles. The summed E-state index contributed by atoms with van der Waals surface area (Å²) in [5.41, 5.74) is -0.311. The van der Waals surface area contributed by atoms with E-state index < -0.39 is 21.5 Å². The summed E-state index contributed by atoms with van der Waals surface area (Å²) in [6.07, 6.45) is 0. The molecule has 19 heavy (non-hydrogen) atoms. The van der Waals surface area contributed by atoms with E-state index in [1.54, 1.807) is 0 Å². The van der Waals surface area contributed by atoms with Crippen LogP contribution in [0.25, 0.3) is 0 Å². The van der Waals surface area contributed by atoms with Crippen LogP contribution in [0.2, 0.25) is 5.02 Å². The summed E-state index contributed by atoms with van der Waals surface area (Å²) in [4.78, 5) is 10.7. The lowest BCUT2D eigenvalue weighted by Gasteiger charge is -2.03. The number of halogens is 2. The van der Waals surface area contributed by atoms with E-state index in [1.807, 2.05) is 0 Å². The topological polar surface area (TPSA) is 60.2 Å². The van der Waals surface area contributed by atoms with Crippen molar-refractivity contribution in [1.29, 1.82) is 0 Å². The van der Waals surface area contributed by atoms with E-state index in [2.05, 4.69) is 0 Å². The number of nitro groups is 1. The minimum Gasteiger partial charge on any atom is -0.258 e. The van der Waals surface area contributed by atoms with Gasteiger partial charge in [-0.2, -0.15) is 0 Å². The van der Waals surface area contributed by atoms with E-state index in [1.165, 1.54) is 36.4 Å². The Bertz CT molecular complexity index is 661. The lowest BCUT2D eigenvalue weighted by Crippen LogP contribution is -1.96. The van der Waals surface area contributed by atoms with Crippen molar-refractivity contribution >= 4 is 28.1 Å². The molecule has 0 N–H and O–H groups in total. The fraction of sp³-hybridized carbons (Fsp3) is 0. The maximum absolute atomic E-state index is 12.8. The first-order chi connectivity index (χ1) is 8.99. The fourth-order valence-electron chi connectivity index (χ4n) is 1.44. The van der Waals surface area contributed by atoms with Gasteiger partial charge >= 0.3 is 0 Å². The monoisotopic (exact) mass is 299 g/mol. The first-order valence-corrected chi connectivity index (χ1v) is 6.63. The van der Waals surface area contributed by atoms with Gasteiger partial charge in [-0.05, 0) is 36.4 Å². The Morgan fingerprint density at radius 2 is 1.68 bits per heavy atom. The molecular formula is C12H7ClFNO3S. The van der Waals surface area contributed by atoms with E-state index in [-0.39, 0.29) is 15.6 Å². The molecule has 1 unspecified atom stereocenters. The van der Waals surface area contributed by atoms with Crippen LogP contribution in [0.4, 0.5) is 10.1 Å². The van der Waals surface area contributed by atoms with Crippen LogP contribution in [0.1, 0.15) is 0 Å². The number of hydrogen-bond donors (Lipinski definition) is 0. The summed E-state index contributed by atoms with van der Waals surface area (Å²) in [5, 5.41) is 10.7. The molecule has 7 heteroatoms. The van der Waals surface area contributed by atoms with Gasteiger partial charge in [0.25, 0.3) is 5.69 Å². The van der Waals surface area contributed by atoms with Crippen LogP contribution in [0.3, 0.4) is 0 Å². The second-order valence-corrected chi connectivity index (χ2v) is 5.48. The Morgan fingerprint density at radius 1 is 1.11 bits per heavy atom. The van der Waals surface area contributed by atoms with Crippen LogP contribution in [0, 0.1) is 15.9 Å². The van der Waals surface area contributed by atoms with Crippen LogP contribution in [0.5, 0.6) is 0 Å². The zero-order chi connectivity index (χ0) is 14.0. The molecule has 0 amide bonds. The molecule has 0 fully saturated rings. The van der Waals surface area contributed by atoms with Gasteiger partial charge in [0.15, 0.2) is 0 Å². The van der Waals surface area contributed by atoms with E-state index in [4.69, 9.17) is 11.6 Å². The van der Waals surface area contributed by atoms with Crippen molar-refractivity contribution in [3.8, 4) is 0 Å². The highest BCUT2D eigenvalue weighted by molar-refractivity contribution is 7.85. The Hall–Kier alpha value is -1.79. The molecule has 0 aromatic heterocycles. The molecule has 2 aromatic rings. The third-order valence-corrected chi connectivity index (χ3v) is 4.06. The molecule has 0 heterocycles. The van der Waals surface area contributed by atoms with Crippen molar-refractivity contribution < 1.29 is 13.5 Å². The van der Waals surface area contributed by atoms with E-state index in [9.17, 15) is 18.7 Å². The Labute approximate surface area is 115 Å². The molecule has 1 atom stereocenters. The van der Waals surface area contributed by atoms with Crippen molar-refractivity contribution in [2.24, 2.45) is 0 Å². The lowest BCUT2D eigenvalue weighted by atomic mass is 10.3. The van der Waals surface area contributed by atoms with Gasteiger partial charge in [0.05, 0.1) is 20.6 Å². The van der Waals surface area contributed by atoms with Gasteiger partial charge in [0, 0.05) is 11.0 Å². The summed E-state index contributed by atoms with van der Waals surface area (Å²) in [6, 6.07) is 9.00. The van der Waals surface area contributed by atoms with Gasteiger partial charge in [0.2, 0.25) is 0 Å². The molecule has 0 spiro atoms. The standard InChI is InChI=1S/C12H7ClFNO3S/c13-11-6-5-10(7-12(11)15(16)17)19(18)9-3-1-8(14)2-4-9/h1-7H. The number of rotatable bonds is 3. The summed E-state index contributed by atoms with van der Waals surface area (Å²) < 4.78 is 24.9. The smallest absolute Gasteiger partial charge is 0.258 e. The quantitative estimate of drug-likeness (QED) is 0.643. The van der Waals surface area contributed by atoms with Crippen LogP contribution < -0.4 is 0 Å². The molecule has 0 saturated carbocycles. The highest BCUT2D eigenvalue weighted by Gasteiger charge is 2.16. The Kier molecular flexibility index (Phi) is 3.92. The molecule has 0 radical (unpaired) electrons. The van der Waals surface area contributed by atoms with Crippen LogP contribution >= 0.6 is 11.6 Å². The molecule has 0 saturated heterocycles. The van der Waals surface area contributed by atoms with Crippen molar-refractivity contribution in [1.82, 2.24) is 0 Å². The Balaban J connectivity index is 2.42. The highest BCUT2D eigenvalue weighted by atomic mass is 35.5. The van der Waals surface area contributed by atoms with Gasteiger partial charge in [-0.1, -0.05) is 11.6 Å². The van der Waals surface area contributed by atoms with Crippen molar-refractivity contribution in [3.05, 3.63) is 63.4 Å². The predicted molar refractivity (Wildman–Crippen MR) is 69.2 cm³/mol. The normalized spacial score (nSPS) is 12.1. The maximum Gasteiger partial charge on any atom is 0.289 e. The van der Waals surface area contributed by atoms with Crippen molar-refractivity contribution in [3.63, 3.8) is 0 Å². The summed E-state index contributed by atoms with van der Waals surface area (Å²) in [6.45, 7) is 0. The number of hydrogen-bond acceptors (Lipinski definition) is 3. The van der Waals surface area contributed by atoms with Crippen LogP contribution in [-0.2, 0) is 10.8 Å². The van der Waals surface area contributed by atoms with Crippen molar-refractivity contribution in [2.75, 3.05) is 0 Å². The first-order valence-electron chi connectivity index (χ1n) is 5.10. The molecule has 98 valence electrons. The molecule has 0 aliphatic carbocycles. The molecule has 4 nitrogen and oxygen atoms in total. The maximum atomic E-state index is 12.8. The predicted octanol–water partition coefficient (Wildman–Crippen LogP) is 3.55. The molecule has 0 aliphatic rings. The molecule has 0 bridgehead atoms. The molecule has 2 rings (SSSR count). The number of nitro benzene ring substituents is 1. The average Bonchev–Trinajstić information content (AvgIpc) is 2.39. The average molecular weight is 300 g/mol. The number of benzene rings is 2. The minimum absolute atomic E-state index is 0.0233. The second kappa shape index (κ2) is 5.46. The van der Waals surface area contributed by atoms with E-state index >= 15 is 0 Å². The summed E-state index contributed by atoms with van der Waals surface area (Å²) in [5.74, 6) is -0.442. The Morgan fingerprint density at radius 3 is 2.26 bits per heavy atom. The van der Waals surface area contributed by atoms with Gasteiger partial charge in [-0.3, -0.25) is 10.1 Å². The summed E-state index contributed by atoms with van der Waals surface area (Å²) in [7, 11) is -1.62. The van der Waals surface area contributed by atoms with E-state index in [0.717, 1.165) is 6.07 Å². The zero-order valence-electron chi connectivity index (χ0n) is 9.38. The third-order valence-electron chi connectivity index (χ3n) is 2.36.